The van der Waals surface area contributed by atoms with Crippen molar-refractivity contribution in [1.82, 2.24) is 15.6 Å². The standard InChI is InChI=1S/C15H22N4S2.HI/c1-11(14-5-4-8-20-14)9-18-15(16-3)17-7-6-13-10-21-12(2)19-13;/h4-5,8,10-11H,6-7,9H2,1-3H3,(H2,16,17,18);1H. The lowest BCUT2D eigenvalue weighted by Gasteiger charge is -2.15. The van der Waals surface area contributed by atoms with Gasteiger partial charge < -0.3 is 10.6 Å². The van der Waals surface area contributed by atoms with Crippen molar-refractivity contribution < 1.29 is 0 Å². The predicted octanol–water partition coefficient (Wildman–Crippen LogP) is 3.64. The molecule has 0 aliphatic heterocycles. The summed E-state index contributed by atoms with van der Waals surface area (Å²) >= 11 is 3.50. The van der Waals surface area contributed by atoms with Gasteiger partial charge in [-0.05, 0) is 18.4 Å². The minimum absolute atomic E-state index is 0. The van der Waals surface area contributed by atoms with Crippen LogP contribution in [0.25, 0.3) is 0 Å². The van der Waals surface area contributed by atoms with Gasteiger partial charge in [-0.15, -0.1) is 46.7 Å². The van der Waals surface area contributed by atoms with E-state index < -0.39 is 0 Å². The Morgan fingerprint density at radius 2 is 2.18 bits per heavy atom. The highest BCUT2D eigenvalue weighted by Crippen LogP contribution is 2.19. The topological polar surface area (TPSA) is 49.3 Å². The fourth-order valence-corrected chi connectivity index (χ4v) is 3.41. The highest BCUT2D eigenvalue weighted by atomic mass is 127. The summed E-state index contributed by atoms with van der Waals surface area (Å²) in [5, 5.41) is 12.1. The van der Waals surface area contributed by atoms with E-state index in [0.717, 1.165) is 36.2 Å². The van der Waals surface area contributed by atoms with Crippen LogP contribution < -0.4 is 10.6 Å². The number of nitrogens with zero attached hydrogens (tertiary/aromatic N) is 2. The summed E-state index contributed by atoms with van der Waals surface area (Å²) in [5.74, 6) is 1.34. The molecule has 0 fully saturated rings. The molecule has 0 amide bonds. The van der Waals surface area contributed by atoms with Crippen LogP contribution in [-0.4, -0.2) is 31.1 Å². The lowest BCUT2D eigenvalue weighted by Crippen LogP contribution is -2.39. The Labute approximate surface area is 157 Å². The highest BCUT2D eigenvalue weighted by Gasteiger charge is 2.07. The number of hydrogen-bond donors (Lipinski definition) is 2. The third-order valence-corrected chi connectivity index (χ3v) is 5.09. The van der Waals surface area contributed by atoms with Gasteiger partial charge in [0.25, 0.3) is 0 Å². The quantitative estimate of drug-likeness (QED) is 0.402. The molecule has 0 aromatic carbocycles. The average molecular weight is 450 g/mol. The van der Waals surface area contributed by atoms with Crippen molar-refractivity contribution in [3.05, 3.63) is 38.5 Å². The molecule has 0 radical (unpaired) electrons. The first-order chi connectivity index (χ1) is 10.2. The Balaban J connectivity index is 0.00000242. The van der Waals surface area contributed by atoms with Crippen molar-refractivity contribution in [3.8, 4) is 0 Å². The van der Waals surface area contributed by atoms with Gasteiger partial charge in [0.05, 0.1) is 10.7 Å². The zero-order valence-electron chi connectivity index (χ0n) is 13.1. The predicted molar refractivity (Wildman–Crippen MR) is 108 cm³/mol. The van der Waals surface area contributed by atoms with Crippen molar-refractivity contribution in [3.63, 3.8) is 0 Å². The molecule has 0 bridgehead atoms. The molecule has 0 aliphatic rings. The van der Waals surface area contributed by atoms with E-state index in [0.29, 0.717) is 5.92 Å². The van der Waals surface area contributed by atoms with E-state index in [2.05, 4.69) is 50.4 Å². The summed E-state index contributed by atoms with van der Waals surface area (Å²) < 4.78 is 0. The molecule has 22 heavy (non-hydrogen) atoms. The van der Waals surface area contributed by atoms with E-state index in [1.165, 1.54) is 4.88 Å². The third kappa shape index (κ3) is 6.21. The number of hydrogen-bond acceptors (Lipinski definition) is 4. The molecule has 4 nitrogen and oxygen atoms in total. The largest absolute Gasteiger partial charge is 0.356 e. The molecule has 0 saturated heterocycles. The van der Waals surface area contributed by atoms with E-state index in [9.17, 15) is 0 Å². The molecule has 2 heterocycles. The summed E-state index contributed by atoms with van der Waals surface area (Å²) in [6.07, 6.45) is 0.922. The summed E-state index contributed by atoms with van der Waals surface area (Å²) in [6, 6.07) is 4.27. The Bertz CT molecular complexity index is 566. The maximum Gasteiger partial charge on any atom is 0.191 e. The molecule has 0 aliphatic carbocycles. The number of rotatable bonds is 6. The number of halogens is 1. The average Bonchev–Trinajstić information content (AvgIpc) is 3.14. The second-order valence-electron chi connectivity index (χ2n) is 4.90. The van der Waals surface area contributed by atoms with Gasteiger partial charge in [-0.2, -0.15) is 0 Å². The van der Waals surface area contributed by atoms with Crippen molar-refractivity contribution in [2.45, 2.75) is 26.2 Å². The molecule has 7 heteroatoms. The first kappa shape index (κ1) is 19.4. The SMILES string of the molecule is CN=C(NCCc1csc(C)n1)NCC(C)c1cccs1.I. The third-order valence-electron chi connectivity index (χ3n) is 3.17. The van der Waals surface area contributed by atoms with Gasteiger partial charge in [0.15, 0.2) is 5.96 Å². The maximum atomic E-state index is 4.46. The lowest BCUT2D eigenvalue weighted by atomic mass is 10.1. The van der Waals surface area contributed by atoms with Crippen molar-refractivity contribution >= 4 is 52.6 Å². The monoisotopic (exact) mass is 450 g/mol. The second-order valence-corrected chi connectivity index (χ2v) is 6.95. The summed E-state index contributed by atoms with van der Waals surface area (Å²) in [4.78, 5) is 10.1. The highest BCUT2D eigenvalue weighted by molar-refractivity contribution is 14.0. The van der Waals surface area contributed by atoms with Crippen LogP contribution in [0.5, 0.6) is 0 Å². The first-order valence-corrected chi connectivity index (χ1v) is 8.84. The number of aliphatic imine (C=N–C) groups is 1. The zero-order chi connectivity index (χ0) is 15.1. The normalized spacial score (nSPS) is 12.6. The molecule has 0 spiro atoms. The molecule has 2 N–H and O–H groups in total. The van der Waals surface area contributed by atoms with Gasteiger partial charge >= 0.3 is 0 Å². The molecule has 0 saturated carbocycles. The fraction of sp³-hybridized carbons (Fsp3) is 0.467. The molecule has 1 unspecified atom stereocenters. The van der Waals surface area contributed by atoms with Crippen LogP contribution >= 0.6 is 46.7 Å². The van der Waals surface area contributed by atoms with Crippen molar-refractivity contribution in [2.24, 2.45) is 4.99 Å². The Kier molecular flexibility index (Phi) is 8.96. The Hall–Kier alpha value is -0.670. The molecular formula is C15H23IN4S2. The van der Waals surface area contributed by atoms with Gasteiger partial charge in [0.1, 0.15) is 0 Å². The summed E-state index contributed by atoms with van der Waals surface area (Å²) in [6.45, 7) is 5.99. The number of nitrogens with one attached hydrogen (secondary N) is 2. The Morgan fingerprint density at radius 1 is 1.36 bits per heavy atom. The van der Waals surface area contributed by atoms with Gasteiger partial charge in [-0.25, -0.2) is 4.98 Å². The van der Waals surface area contributed by atoms with E-state index in [4.69, 9.17) is 0 Å². The van der Waals surface area contributed by atoms with Crippen LogP contribution in [-0.2, 0) is 6.42 Å². The van der Waals surface area contributed by atoms with E-state index in [1.54, 1.807) is 29.7 Å². The summed E-state index contributed by atoms with van der Waals surface area (Å²) in [7, 11) is 1.80. The minimum Gasteiger partial charge on any atom is -0.356 e. The van der Waals surface area contributed by atoms with E-state index >= 15 is 0 Å². The van der Waals surface area contributed by atoms with Crippen LogP contribution in [0.3, 0.4) is 0 Å². The number of thiophene rings is 1. The molecular weight excluding hydrogens is 427 g/mol. The number of aryl methyl sites for hydroxylation is 1. The number of thiazole rings is 1. The first-order valence-electron chi connectivity index (χ1n) is 7.08. The number of guanidine groups is 1. The maximum absolute atomic E-state index is 4.46. The second kappa shape index (κ2) is 10.2. The molecule has 2 aromatic rings. The van der Waals surface area contributed by atoms with Gasteiger partial charge in [0.2, 0.25) is 0 Å². The van der Waals surface area contributed by atoms with Gasteiger partial charge in [-0.1, -0.05) is 13.0 Å². The molecule has 2 aromatic heterocycles. The molecule has 122 valence electrons. The Morgan fingerprint density at radius 3 is 2.77 bits per heavy atom. The molecule has 2 rings (SSSR count). The van der Waals surface area contributed by atoms with Gasteiger partial charge in [-0.3, -0.25) is 4.99 Å². The van der Waals surface area contributed by atoms with Crippen LogP contribution in [0.1, 0.15) is 28.4 Å². The van der Waals surface area contributed by atoms with E-state index in [-0.39, 0.29) is 24.0 Å². The van der Waals surface area contributed by atoms with Crippen LogP contribution in [0, 0.1) is 6.92 Å². The molecule has 1 atom stereocenters. The van der Waals surface area contributed by atoms with Crippen LogP contribution in [0.4, 0.5) is 0 Å². The zero-order valence-corrected chi connectivity index (χ0v) is 17.1. The van der Waals surface area contributed by atoms with E-state index in [1.807, 2.05) is 6.92 Å². The summed E-state index contributed by atoms with van der Waals surface area (Å²) in [5.41, 5.74) is 1.15. The van der Waals surface area contributed by atoms with Gasteiger partial charge in [0, 0.05) is 42.7 Å². The smallest absolute Gasteiger partial charge is 0.191 e. The lowest BCUT2D eigenvalue weighted by molar-refractivity contribution is 0.705. The van der Waals surface area contributed by atoms with Crippen molar-refractivity contribution in [1.29, 1.82) is 0 Å². The van der Waals surface area contributed by atoms with Crippen LogP contribution in [0.15, 0.2) is 27.9 Å². The fourth-order valence-electron chi connectivity index (χ4n) is 1.97. The minimum atomic E-state index is 0. The van der Waals surface area contributed by atoms with Crippen LogP contribution in [0.2, 0.25) is 0 Å². The number of aromatic nitrogens is 1. The van der Waals surface area contributed by atoms with Crippen molar-refractivity contribution in [2.75, 3.05) is 20.1 Å².